The number of benzene rings is 2. The molecular formula is C26H21BrN2O4. The first kappa shape index (κ1) is 21.4. The average Bonchev–Trinajstić information content (AvgIpc) is 3.13. The summed E-state index contributed by atoms with van der Waals surface area (Å²) in [6, 6.07) is 17.4. The Hall–Kier alpha value is -3.45. The Kier molecular flexibility index (Phi) is 5.72. The topological polar surface area (TPSA) is 72.6 Å². The number of nitrogens with zero attached hydrogens (tertiary/aromatic N) is 2. The number of halogens is 1. The van der Waals surface area contributed by atoms with Crippen molar-refractivity contribution in [2.24, 2.45) is 0 Å². The van der Waals surface area contributed by atoms with Crippen LogP contribution in [-0.2, 0) is 0 Å². The smallest absolute Gasteiger partial charge is 0.296 e. The maximum atomic E-state index is 13.7. The number of amides is 1. The molecule has 6 nitrogen and oxygen atoms in total. The van der Waals surface area contributed by atoms with Gasteiger partial charge in [0.2, 0.25) is 5.76 Å². The summed E-state index contributed by atoms with van der Waals surface area (Å²) in [5, 5.41) is 0.416. The highest BCUT2D eigenvalue weighted by Gasteiger charge is 2.44. The van der Waals surface area contributed by atoms with Crippen LogP contribution in [0.5, 0.6) is 5.75 Å². The molecule has 1 amide bonds. The molecule has 0 N–H and O–H groups in total. The fraction of sp³-hybridized carbons (Fsp3) is 0.192. The zero-order valence-corrected chi connectivity index (χ0v) is 19.5. The van der Waals surface area contributed by atoms with E-state index in [1.807, 2.05) is 30.3 Å². The van der Waals surface area contributed by atoms with Crippen LogP contribution in [0.3, 0.4) is 0 Å². The van der Waals surface area contributed by atoms with Gasteiger partial charge in [-0.05, 0) is 54.4 Å². The molecule has 1 atom stereocenters. The zero-order chi connectivity index (χ0) is 22.9. The first-order chi connectivity index (χ1) is 16.1. The van der Waals surface area contributed by atoms with Crippen molar-refractivity contribution in [2.45, 2.75) is 25.8 Å². The third-order valence-electron chi connectivity index (χ3n) is 5.67. The maximum Gasteiger partial charge on any atom is 0.296 e. The summed E-state index contributed by atoms with van der Waals surface area (Å²) in [5.74, 6) is 0.785. The van der Waals surface area contributed by atoms with Gasteiger partial charge >= 0.3 is 0 Å². The number of pyridine rings is 1. The fourth-order valence-electron chi connectivity index (χ4n) is 4.10. The molecule has 0 bridgehead atoms. The van der Waals surface area contributed by atoms with Gasteiger partial charge in [-0.1, -0.05) is 47.5 Å². The number of rotatable bonds is 6. The van der Waals surface area contributed by atoms with Gasteiger partial charge in [-0.3, -0.25) is 14.5 Å². The highest BCUT2D eigenvalue weighted by atomic mass is 79.9. The number of aromatic nitrogens is 1. The molecule has 0 radical (unpaired) electrons. The van der Waals surface area contributed by atoms with E-state index in [-0.39, 0.29) is 11.2 Å². The quantitative estimate of drug-likeness (QED) is 0.306. The molecule has 0 fully saturated rings. The van der Waals surface area contributed by atoms with Crippen LogP contribution in [0.15, 0.2) is 80.5 Å². The van der Waals surface area contributed by atoms with Gasteiger partial charge in [0.05, 0.1) is 23.6 Å². The summed E-state index contributed by atoms with van der Waals surface area (Å²) in [6.07, 6.45) is 3.59. The first-order valence-corrected chi connectivity index (χ1v) is 11.6. The molecule has 1 aliphatic heterocycles. The number of hydrogen-bond donors (Lipinski definition) is 0. The molecule has 0 saturated carbocycles. The Morgan fingerprint density at radius 2 is 1.97 bits per heavy atom. The molecular weight excluding hydrogens is 484 g/mol. The van der Waals surface area contributed by atoms with E-state index in [2.05, 4.69) is 27.8 Å². The largest absolute Gasteiger partial charge is 0.494 e. The van der Waals surface area contributed by atoms with Crippen molar-refractivity contribution in [1.29, 1.82) is 0 Å². The van der Waals surface area contributed by atoms with E-state index in [0.29, 0.717) is 34.7 Å². The Morgan fingerprint density at radius 1 is 1.09 bits per heavy atom. The minimum atomic E-state index is -0.684. The Morgan fingerprint density at radius 3 is 2.76 bits per heavy atom. The second-order valence-electron chi connectivity index (χ2n) is 7.85. The summed E-state index contributed by atoms with van der Waals surface area (Å²) in [5.41, 5.74) is 1.19. The number of carbonyl (C=O) groups excluding carboxylic acids is 1. The number of carbonyl (C=O) groups is 1. The zero-order valence-electron chi connectivity index (χ0n) is 18.0. The van der Waals surface area contributed by atoms with Crippen molar-refractivity contribution in [1.82, 2.24) is 4.98 Å². The van der Waals surface area contributed by atoms with Crippen molar-refractivity contribution in [3.63, 3.8) is 0 Å². The number of fused-ring (bicyclic) bond motifs is 2. The summed E-state index contributed by atoms with van der Waals surface area (Å²) in [7, 11) is 0. The highest BCUT2D eigenvalue weighted by Crippen LogP contribution is 2.41. The van der Waals surface area contributed by atoms with Gasteiger partial charge < -0.3 is 9.15 Å². The molecule has 2 aromatic heterocycles. The fourth-order valence-corrected chi connectivity index (χ4v) is 4.46. The second kappa shape index (κ2) is 8.83. The third-order valence-corrected chi connectivity index (χ3v) is 6.16. The van der Waals surface area contributed by atoms with E-state index in [1.165, 1.54) is 4.90 Å². The molecule has 2 aromatic carbocycles. The SMILES string of the molecule is CCCCOc1cccc(C2c3c(oc4ccc(Br)cc4c3=O)C(=O)N2c2ccccn2)c1. The Bertz CT molecular complexity index is 1400. The van der Waals surface area contributed by atoms with Crippen LogP contribution < -0.4 is 15.1 Å². The highest BCUT2D eigenvalue weighted by molar-refractivity contribution is 9.10. The van der Waals surface area contributed by atoms with Crippen molar-refractivity contribution in [2.75, 3.05) is 11.5 Å². The molecule has 0 aliphatic carbocycles. The van der Waals surface area contributed by atoms with Crippen molar-refractivity contribution in [3.05, 3.63) is 98.4 Å². The van der Waals surface area contributed by atoms with Crippen LogP contribution >= 0.6 is 15.9 Å². The standard InChI is InChI=1S/C26H21BrN2O4/c1-2-3-13-32-18-8-6-7-16(14-18)23-22-24(30)19-15-17(27)10-11-20(19)33-25(22)26(31)29(23)21-9-4-5-12-28-21/h4-12,14-15,23H,2-3,13H2,1H3. The predicted molar refractivity (Wildman–Crippen MR) is 130 cm³/mol. The van der Waals surface area contributed by atoms with Crippen LogP contribution in [-0.4, -0.2) is 17.5 Å². The van der Waals surface area contributed by atoms with Gasteiger partial charge in [-0.2, -0.15) is 0 Å². The number of ether oxygens (including phenoxy) is 1. The average molecular weight is 505 g/mol. The van der Waals surface area contributed by atoms with E-state index in [9.17, 15) is 9.59 Å². The molecule has 3 heterocycles. The number of unbranched alkanes of at least 4 members (excludes halogenated alkanes) is 1. The molecule has 0 saturated heterocycles. The van der Waals surface area contributed by atoms with Gasteiger partial charge in [0.1, 0.15) is 17.2 Å². The van der Waals surface area contributed by atoms with Crippen LogP contribution in [0.25, 0.3) is 11.0 Å². The second-order valence-corrected chi connectivity index (χ2v) is 8.77. The van der Waals surface area contributed by atoms with Gasteiger partial charge in [0.25, 0.3) is 5.91 Å². The summed E-state index contributed by atoms with van der Waals surface area (Å²) in [4.78, 5) is 33.1. The Balaban J connectivity index is 1.71. The molecule has 166 valence electrons. The van der Waals surface area contributed by atoms with E-state index in [4.69, 9.17) is 9.15 Å². The summed E-state index contributed by atoms with van der Waals surface area (Å²) in [6.45, 7) is 2.71. The predicted octanol–water partition coefficient (Wildman–Crippen LogP) is 5.88. The lowest BCUT2D eigenvalue weighted by atomic mass is 9.98. The van der Waals surface area contributed by atoms with Crippen LogP contribution in [0.4, 0.5) is 5.82 Å². The molecule has 5 rings (SSSR count). The molecule has 0 spiro atoms. The van der Waals surface area contributed by atoms with Gasteiger partial charge in [0, 0.05) is 10.7 Å². The summed E-state index contributed by atoms with van der Waals surface area (Å²) < 4.78 is 12.6. The van der Waals surface area contributed by atoms with Crippen molar-refractivity contribution < 1.29 is 13.9 Å². The molecule has 1 aliphatic rings. The number of anilines is 1. The first-order valence-electron chi connectivity index (χ1n) is 10.8. The minimum absolute atomic E-state index is 0.0442. The van der Waals surface area contributed by atoms with E-state index >= 15 is 0 Å². The monoisotopic (exact) mass is 504 g/mol. The van der Waals surface area contributed by atoms with Gasteiger partial charge in [-0.15, -0.1) is 0 Å². The molecule has 1 unspecified atom stereocenters. The van der Waals surface area contributed by atoms with Crippen LogP contribution in [0.1, 0.15) is 47.5 Å². The van der Waals surface area contributed by atoms with Crippen LogP contribution in [0.2, 0.25) is 0 Å². The minimum Gasteiger partial charge on any atom is -0.494 e. The maximum absolute atomic E-state index is 13.7. The molecule has 4 aromatic rings. The molecule has 33 heavy (non-hydrogen) atoms. The van der Waals surface area contributed by atoms with E-state index < -0.39 is 11.9 Å². The lowest BCUT2D eigenvalue weighted by Gasteiger charge is -2.24. The molecule has 7 heteroatoms. The van der Waals surface area contributed by atoms with Gasteiger partial charge in [-0.25, -0.2) is 4.98 Å². The van der Waals surface area contributed by atoms with E-state index in [1.54, 1.807) is 36.5 Å². The van der Waals surface area contributed by atoms with Crippen LogP contribution in [0, 0.1) is 0 Å². The Labute approximate surface area is 198 Å². The summed E-state index contributed by atoms with van der Waals surface area (Å²) >= 11 is 3.42. The lowest BCUT2D eigenvalue weighted by molar-refractivity contribution is 0.0970. The van der Waals surface area contributed by atoms with Crippen molar-refractivity contribution in [3.8, 4) is 5.75 Å². The van der Waals surface area contributed by atoms with Crippen molar-refractivity contribution >= 4 is 38.6 Å². The number of hydrogen-bond acceptors (Lipinski definition) is 5. The third kappa shape index (κ3) is 3.82. The van der Waals surface area contributed by atoms with E-state index in [0.717, 1.165) is 22.9 Å². The lowest BCUT2D eigenvalue weighted by Crippen LogP contribution is -2.30. The van der Waals surface area contributed by atoms with Gasteiger partial charge in [0.15, 0.2) is 5.43 Å². The normalized spacial score (nSPS) is 15.2.